The van der Waals surface area contributed by atoms with Crippen LogP contribution in [0.4, 0.5) is 5.69 Å². The summed E-state index contributed by atoms with van der Waals surface area (Å²) in [5, 5.41) is 11.6. The summed E-state index contributed by atoms with van der Waals surface area (Å²) < 4.78 is 23.7. The number of anilines is 1. The molecule has 0 saturated heterocycles. The second-order valence-corrected chi connectivity index (χ2v) is 6.46. The first kappa shape index (κ1) is 28.6. The van der Waals surface area contributed by atoms with E-state index in [-0.39, 0.29) is 25.5 Å². The number of nitrogens with zero attached hydrogens (tertiary/aromatic N) is 1. The minimum Gasteiger partial charge on any atom is -0.482 e. The van der Waals surface area contributed by atoms with Crippen molar-refractivity contribution in [2.24, 2.45) is 0 Å². The molecule has 35 heavy (non-hydrogen) atoms. The van der Waals surface area contributed by atoms with E-state index >= 15 is 0 Å². The quantitative estimate of drug-likeness (QED) is 0.106. The molecule has 0 radical (unpaired) electrons. The Bertz CT molecular complexity index is 886. The van der Waals surface area contributed by atoms with E-state index in [1.807, 2.05) is 0 Å². The Hall–Kier alpha value is -4.43. The molecule has 0 bridgehead atoms. The highest BCUT2D eigenvalue weighted by Gasteiger charge is 2.14. The van der Waals surface area contributed by atoms with Gasteiger partial charge in [0.1, 0.15) is 5.75 Å². The Labute approximate surface area is 198 Å². The summed E-state index contributed by atoms with van der Waals surface area (Å²) in [6.45, 7) is -1.65. The Morgan fingerprint density at radius 2 is 1.26 bits per heavy atom. The molecule has 1 N–H and O–H groups in total. The maximum absolute atomic E-state index is 11.6. The monoisotopic (exact) mass is 500 g/mol. The number of nitrogens with one attached hydrogen (secondary N) is 1. The predicted molar refractivity (Wildman–Crippen MR) is 112 cm³/mol. The molecule has 0 saturated carbocycles. The molecular weight excluding hydrogens is 476 g/mol. The molecule has 0 aromatic heterocycles. The van der Waals surface area contributed by atoms with Gasteiger partial charge in [-0.05, 0) is 37.1 Å². The van der Waals surface area contributed by atoms with Crippen LogP contribution in [0.1, 0.15) is 19.8 Å². The van der Waals surface area contributed by atoms with Gasteiger partial charge in [0.05, 0.1) is 13.2 Å². The van der Waals surface area contributed by atoms with Gasteiger partial charge in [-0.2, -0.15) is 0 Å². The highest BCUT2D eigenvalue weighted by molar-refractivity contribution is 5.88. The fourth-order valence-electron chi connectivity index (χ4n) is 2.09. The van der Waals surface area contributed by atoms with Gasteiger partial charge in [-0.3, -0.25) is 4.79 Å². The molecule has 1 amide bonds. The summed E-state index contributed by atoms with van der Waals surface area (Å²) in [6, 6.07) is 6.16. The summed E-state index contributed by atoms with van der Waals surface area (Å²) in [5.41, 5.74) is 0.545. The third-order valence-electron chi connectivity index (χ3n) is 3.58. The zero-order chi connectivity index (χ0) is 26.1. The Kier molecular flexibility index (Phi) is 13.3. The normalized spacial score (nSPS) is 9.86. The number of hydrogen-bond acceptors (Lipinski definition) is 13. The van der Waals surface area contributed by atoms with Crippen molar-refractivity contribution in [1.82, 2.24) is 0 Å². The first-order chi connectivity index (χ1) is 16.7. The van der Waals surface area contributed by atoms with Crippen LogP contribution in [0.25, 0.3) is 0 Å². The van der Waals surface area contributed by atoms with Crippen LogP contribution in [0.5, 0.6) is 5.75 Å². The first-order valence-electron chi connectivity index (χ1n) is 10.1. The van der Waals surface area contributed by atoms with Crippen molar-refractivity contribution in [2.45, 2.75) is 19.8 Å². The van der Waals surface area contributed by atoms with Crippen LogP contribution in [-0.2, 0) is 47.8 Å². The van der Waals surface area contributed by atoms with E-state index < -0.39 is 55.4 Å². The zero-order valence-corrected chi connectivity index (χ0v) is 18.7. The number of carbonyl (C=O) groups is 5. The van der Waals surface area contributed by atoms with Gasteiger partial charge in [0, 0.05) is 12.6 Å². The highest BCUT2D eigenvalue weighted by atomic mass is 16.9. The molecular formula is C20H24N2O13. The standard InChI is InChI=1S/C20H24N2O13/c1-14(23)21-15-4-6-16(7-5-15)31-10-18(25)33-12-20(27)34-13-19(26)32-11-17(24)30-8-2-3-9-35-22(28)29/h4-7H,2-3,8-13H2,1H3,(H,21,23). The van der Waals surface area contributed by atoms with Crippen molar-refractivity contribution in [3.63, 3.8) is 0 Å². The van der Waals surface area contributed by atoms with E-state index in [0.29, 0.717) is 17.9 Å². The number of unbranched alkanes of at least 4 members (excludes halogenated alkanes) is 1. The van der Waals surface area contributed by atoms with Gasteiger partial charge >= 0.3 is 23.9 Å². The molecule has 192 valence electrons. The Morgan fingerprint density at radius 3 is 1.77 bits per heavy atom. The van der Waals surface area contributed by atoms with Crippen LogP contribution in [0.2, 0.25) is 0 Å². The van der Waals surface area contributed by atoms with Crippen LogP contribution in [0.15, 0.2) is 24.3 Å². The molecule has 0 heterocycles. The topological polar surface area (TPSA) is 196 Å². The summed E-state index contributed by atoms with van der Waals surface area (Å²) in [6.07, 6.45) is 0.591. The molecule has 0 fully saturated rings. The highest BCUT2D eigenvalue weighted by Crippen LogP contribution is 2.15. The van der Waals surface area contributed by atoms with Crippen LogP contribution in [-0.4, -0.2) is 74.5 Å². The largest absolute Gasteiger partial charge is 0.482 e. The number of rotatable bonds is 16. The maximum atomic E-state index is 11.6. The van der Waals surface area contributed by atoms with E-state index in [0.717, 1.165) is 0 Å². The second-order valence-electron chi connectivity index (χ2n) is 6.46. The summed E-state index contributed by atoms with van der Waals surface area (Å²) >= 11 is 0. The molecule has 0 spiro atoms. The maximum Gasteiger partial charge on any atom is 0.344 e. The van der Waals surface area contributed by atoms with E-state index in [1.54, 1.807) is 12.1 Å². The summed E-state index contributed by atoms with van der Waals surface area (Å²) in [4.78, 5) is 71.0. The van der Waals surface area contributed by atoms with Gasteiger partial charge in [0.2, 0.25) is 5.91 Å². The fourth-order valence-corrected chi connectivity index (χ4v) is 2.09. The van der Waals surface area contributed by atoms with Gasteiger partial charge in [-0.25, -0.2) is 19.2 Å². The van der Waals surface area contributed by atoms with Gasteiger partial charge < -0.3 is 33.8 Å². The molecule has 15 nitrogen and oxygen atoms in total. The zero-order valence-electron chi connectivity index (χ0n) is 18.7. The van der Waals surface area contributed by atoms with E-state index in [2.05, 4.69) is 24.4 Å². The molecule has 0 aliphatic rings. The van der Waals surface area contributed by atoms with Crippen molar-refractivity contribution < 1.29 is 57.6 Å². The van der Waals surface area contributed by atoms with E-state index in [9.17, 15) is 34.1 Å². The van der Waals surface area contributed by atoms with Crippen LogP contribution >= 0.6 is 0 Å². The third kappa shape index (κ3) is 15.1. The number of ether oxygens (including phenoxy) is 5. The number of carbonyl (C=O) groups excluding carboxylic acids is 5. The van der Waals surface area contributed by atoms with Crippen molar-refractivity contribution >= 4 is 35.5 Å². The first-order valence-corrected chi connectivity index (χ1v) is 10.1. The van der Waals surface area contributed by atoms with Gasteiger partial charge in [0.15, 0.2) is 26.4 Å². The molecule has 0 atom stereocenters. The van der Waals surface area contributed by atoms with Gasteiger partial charge in [0.25, 0.3) is 5.09 Å². The average Bonchev–Trinajstić information content (AvgIpc) is 2.81. The molecule has 0 aliphatic heterocycles. The number of hydrogen-bond donors (Lipinski definition) is 1. The Morgan fingerprint density at radius 1 is 0.771 bits per heavy atom. The Balaban J connectivity index is 2.10. The lowest BCUT2D eigenvalue weighted by Crippen LogP contribution is -2.24. The molecule has 0 aliphatic carbocycles. The minimum atomic E-state index is -1.04. The molecule has 1 aromatic carbocycles. The minimum absolute atomic E-state index is 0.0517. The van der Waals surface area contributed by atoms with E-state index in [1.165, 1.54) is 19.1 Å². The third-order valence-corrected chi connectivity index (χ3v) is 3.58. The SMILES string of the molecule is CC(=O)Nc1ccc(OCC(=O)OCC(=O)OCC(=O)OCC(=O)OCCCCO[N+](=O)[O-])cc1. The van der Waals surface area contributed by atoms with Crippen LogP contribution in [0, 0.1) is 10.1 Å². The summed E-state index contributed by atoms with van der Waals surface area (Å²) in [7, 11) is 0. The number of benzene rings is 1. The number of amides is 1. The smallest absolute Gasteiger partial charge is 0.344 e. The molecule has 1 rings (SSSR count). The molecule has 1 aromatic rings. The van der Waals surface area contributed by atoms with Crippen molar-refractivity contribution in [3.8, 4) is 5.75 Å². The average molecular weight is 500 g/mol. The predicted octanol–water partition coefficient (Wildman–Crippen LogP) is 0.185. The lowest BCUT2D eigenvalue weighted by Gasteiger charge is -2.08. The molecule has 15 heteroatoms. The number of esters is 4. The fraction of sp³-hybridized carbons (Fsp3) is 0.450. The van der Waals surface area contributed by atoms with Crippen molar-refractivity contribution in [2.75, 3.05) is 45.0 Å². The lowest BCUT2D eigenvalue weighted by molar-refractivity contribution is -0.757. The lowest BCUT2D eigenvalue weighted by atomic mass is 10.3. The van der Waals surface area contributed by atoms with Crippen molar-refractivity contribution in [3.05, 3.63) is 34.4 Å². The van der Waals surface area contributed by atoms with E-state index in [4.69, 9.17) is 9.47 Å². The van der Waals surface area contributed by atoms with Crippen LogP contribution in [0.3, 0.4) is 0 Å². The molecule has 0 unspecified atom stereocenters. The van der Waals surface area contributed by atoms with Crippen LogP contribution < -0.4 is 10.1 Å². The van der Waals surface area contributed by atoms with Gasteiger partial charge in [-0.15, -0.1) is 10.1 Å². The van der Waals surface area contributed by atoms with Gasteiger partial charge in [-0.1, -0.05) is 0 Å². The summed E-state index contributed by atoms with van der Waals surface area (Å²) in [5.74, 6) is -3.72. The second kappa shape index (κ2) is 16.2. The van der Waals surface area contributed by atoms with Crippen molar-refractivity contribution in [1.29, 1.82) is 0 Å².